The molecule has 4 aliphatic heterocycles. The zero-order chi connectivity index (χ0) is 20.9. The van der Waals surface area contributed by atoms with E-state index in [1.807, 2.05) is 6.07 Å². The Kier molecular flexibility index (Phi) is 3.31. The summed E-state index contributed by atoms with van der Waals surface area (Å²) in [7, 11) is 0. The molecule has 0 saturated heterocycles. The number of fused-ring (bicyclic) bond motifs is 7. The average Bonchev–Trinajstić information content (AvgIpc) is 3.15. The predicted octanol–water partition coefficient (Wildman–Crippen LogP) is 5.37. The Morgan fingerprint density at radius 3 is 2.97 bits per heavy atom. The molecule has 4 nitrogen and oxygen atoms in total. The van der Waals surface area contributed by atoms with Crippen molar-refractivity contribution in [1.82, 2.24) is 0 Å². The van der Waals surface area contributed by atoms with Gasteiger partial charge in [-0.2, -0.15) is 4.57 Å². The van der Waals surface area contributed by atoms with Crippen LogP contribution in [0.3, 0.4) is 0 Å². The van der Waals surface area contributed by atoms with Crippen LogP contribution in [0.2, 0.25) is 0 Å². The van der Waals surface area contributed by atoms with Gasteiger partial charge in [-0.25, -0.2) is 0 Å². The quantitative estimate of drug-likeness (QED) is 0.466. The molecule has 0 bridgehead atoms. The van der Waals surface area contributed by atoms with Gasteiger partial charge in [-0.05, 0) is 57.4 Å². The van der Waals surface area contributed by atoms with E-state index in [0.29, 0.717) is 0 Å². The first kappa shape index (κ1) is 17.6. The Bertz CT molecular complexity index is 1340. The van der Waals surface area contributed by atoms with E-state index in [1.165, 1.54) is 45.5 Å². The number of nitrogens with zero attached hydrogens (tertiary/aromatic N) is 2. The van der Waals surface area contributed by atoms with Crippen LogP contribution in [0.4, 0.5) is 5.69 Å². The van der Waals surface area contributed by atoms with E-state index in [-0.39, 0.29) is 11.6 Å². The second kappa shape index (κ2) is 5.82. The SMILES string of the molecule is CC1=CC(C)(C)N2CCCc3c4c(cc1c32)C=C1c2oc3ccccc3[n+]2CCC1O4. The van der Waals surface area contributed by atoms with Crippen LogP contribution >= 0.6 is 0 Å². The Hall–Kier alpha value is -3.01. The molecule has 31 heavy (non-hydrogen) atoms. The Morgan fingerprint density at radius 2 is 2.06 bits per heavy atom. The largest absolute Gasteiger partial charge is 0.484 e. The van der Waals surface area contributed by atoms with Crippen molar-refractivity contribution in [2.45, 2.75) is 58.2 Å². The molecule has 0 N–H and O–H groups in total. The monoisotopic (exact) mass is 411 g/mol. The molecule has 0 spiro atoms. The maximum Gasteiger partial charge on any atom is 0.381 e. The number of anilines is 1. The number of aromatic nitrogens is 1. The normalized spacial score (nSPS) is 22.5. The fourth-order valence-electron chi connectivity index (χ4n) is 6.21. The average molecular weight is 412 g/mol. The maximum atomic E-state index is 6.77. The molecule has 0 radical (unpaired) electrons. The third-order valence-corrected chi connectivity index (χ3v) is 7.53. The first-order valence-electron chi connectivity index (χ1n) is 11.5. The predicted molar refractivity (Wildman–Crippen MR) is 123 cm³/mol. The lowest BCUT2D eigenvalue weighted by Crippen LogP contribution is -2.48. The fourth-order valence-corrected chi connectivity index (χ4v) is 6.21. The van der Waals surface area contributed by atoms with E-state index in [2.05, 4.69) is 66.7 Å². The molecular formula is C27H27N2O2+. The van der Waals surface area contributed by atoms with Crippen LogP contribution in [0.5, 0.6) is 5.75 Å². The number of aryl methyl sites for hydroxylation is 1. The molecular weight excluding hydrogens is 384 g/mol. The minimum absolute atomic E-state index is 0.0425. The van der Waals surface area contributed by atoms with Crippen molar-refractivity contribution < 1.29 is 13.7 Å². The zero-order valence-corrected chi connectivity index (χ0v) is 18.4. The van der Waals surface area contributed by atoms with Crippen molar-refractivity contribution in [2.24, 2.45) is 0 Å². The standard InChI is InChI=1S/C27H27N2O2/c1-16-15-27(2,3)29-11-6-7-18-24(29)19(16)13-17-14-20-22(30-25(17)18)10-12-28-21-8-4-5-9-23(21)31-26(20)28/h4-5,8-9,13-15,22H,6-7,10-12H2,1-3H3/q+1. The van der Waals surface area contributed by atoms with Crippen LogP contribution in [0.25, 0.3) is 28.3 Å². The van der Waals surface area contributed by atoms with E-state index in [1.54, 1.807) is 0 Å². The van der Waals surface area contributed by atoms with Gasteiger partial charge in [-0.3, -0.25) is 0 Å². The summed E-state index contributed by atoms with van der Waals surface area (Å²) in [4.78, 5) is 2.59. The summed E-state index contributed by atoms with van der Waals surface area (Å²) in [5.74, 6) is 2.05. The van der Waals surface area contributed by atoms with Gasteiger partial charge in [-0.15, -0.1) is 0 Å². The lowest BCUT2D eigenvalue weighted by molar-refractivity contribution is -0.683. The first-order chi connectivity index (χ1) is 15.0. The number of benzene rings is 2. The van der Waals surface area contributed by atoms with Gasteiger partial charge >= 0.3 is 5.89 Å². The minimum Gasteiger partial charge on any atom is -0.484 e. The third-order valence-electron chi connectivity index (χ3n) is 7.53. The van der Waals surface area contributed by atoms with E-state index in [9.17, 15) is 0 Å². The Morgan fingerprint density at radius 1 is 1.19 bits per heavy atom. The first-order valence-corrected chi connectivity index (χ1v) is 11.5. The molecule has 4 heteroatoms. The van der Waals surface area contributed by atoms with Crippen molar-refractivity contribution in [3.63, 3.8) is 0 Å². The van der Waals surface area contributed by atoms with Gasteiger partial charge in [0.25, 0.3) is 5.52 Å². The Balaban J connectivity index is 1.46. The van der Waals surface area contributed by atoms with Crippen LogP contribution in [0.1, 0.15) is 56.2 Å². The maximum absolute atomic E-state index is 6.77. The van der Waals surface area contributed by atoms with Crippen molar-refractivity contribution in [3.8, 4) is 5.75 Å². The van der Waals surface area contributed by atoms with Crippen LogP contribution in [-0.4, -0.2) is 18.2 Å². The second-order valence-corrected chi connectivity index (χ2v) is 9.93. The number of hydrogen-bond acceptors (Lipinski definition) is 3. The van der Waals surface area contributed by atoms with E-state index in [4.69, 9.17) is 9.15 Å². The van der Waals surface area contributed by atoms with Crippen molar-refractivity contribution in [2.75, 3.05) is 11.4 Å². The lowest BCUT2D eigenvalue weighted by Gasteiger charge is -2.47. The molecule has 4 aliphatic rings. The molecule has 0 saturated carbocycles. The smallest absolute Gasteiger partial charge is 0.381 e. The number of rotatable bonds is 0. The van der Waals surface area contributed by atoms with Crippen molar-refractivity contribution in [3.05, 3.63) is 59.0 Å². The molecule has 156 valence electrons. The molecule has 3 aromatic rings. The molecule has 2 aromatic carbocycles. The molecule has 0 aliphatic carbocycles. The highest BCUT2D eigenvalue weighted by Gasteiger charge is 2.42. The van der Waals surface area contributed by atoms with Crippen LogP contribution in [-0.2, 0) is 13.0 Å². The van der Waals surface area contributed by atoms with Gasteiger partial charge in [0, 0.05) is 35.7 Å². The summed E-state index contributed by atoms with van der Waals surface area (Å²) in [5.41, 5.74) is 10.1. The molecule has 1 aromatic heterocycles. The van der Waals surface area contributed by atoms with Gasteiger partial charge in [0.05, 0.1) is 11.2 Å². The van der Waals surface area contributed by atoms with Gasteiger partial charge in [0.1, 0.15) is 17.4 Å². The summed E-state index contributed by atoms with van der Waals surface area (Å²) < 4.78 is 15.4. The summed E-state index contributed by atoms with van der Waals surface area (Å²) in [5, 5.41) is 0. The van der Waals surface area contributed by atoms with Crippen LogP contribution < -0.4 is 14.2 Å². The number of allylic oxidation sites excluding steroid dienone is 1. The van der Waals surface area contributed by atoms with Crippen LogP contribution in [0.15, 0.2) is 40.8 Å². The number of para-hydroxylation sites is 2. The second-order valence-electron chi connectivity index (χ2n) is 9.93. The number of ether oxygens (including phenoxy) is 1. The lowest BCUT2D eigenvalue weighted by atomic mass is 9.81. The highest BCUT2D eigenvalue weighted by atomic mass is 16.5. The molecule has 5 heterocycles. The molecule has 7 rings (SSSR count). The Labute approximate surface area is 182 Å². The molecule has 1 unspecified atom stereocenters. The van der Waals surface area contributed by atoms with Gasteiger partial charge in [0.15, 0.2) is 6.54 Å². The van der Waals surface area contributed by atoms with Crippen LogP contribution in [0, 0.1) is 0 Å². The third kappa shape index (κ3) is 2.28. The fraction of sp³-hybridized carbons (Fsp3) is 0.370. The molecule has 1 atom stereocenters. The minimum atomic E-state index is 0.0425. The topological polar surface area (TPSA) is 29.5 Å². The summed E-state index contributed by atoms with van der Waals surface area (Å²) in [6.45, 7) is 8.94. The summed E-state index contributed by atoms with van der Waals surface area (Å²) in [6, 6.07) is 10.7. The highest BCUT2D eigenvalue weighted by molar-refractivity contribution is 5.92. The van der Waals surface area contributed by atoms with E-state index in [0.717, 1.165) is 43.2 Å². The van der Waals surface area contributed by atoms with Crippen molar-refractivity contribution >= 4 is 34.0 Å². The van der Waals surface area contributed by atoms with E-state index < -0.39 is 0 Å². The number of oxazole rings is 1. The number of hydrogen-bond donors (Lipinski definition) is 0. The summed E-state index contributed by atoms with van der Waals surface area (Å²) in [6.07, 6.45) is 8.05. The zero-order valence-electron chi connectivity index (χ0n) is 18.4. The van der Waals surface area contributed by atoms with Crippen molar-refractivity contribution in [1.29, 1.82) is 0 Å². The molecule has 0 fully saturated rings. The summed E-state index contributed by atoms with van der Waals surface area (Å²) >= 11 is 0. The highest BCUT2D eigenvalue weighted by Crippen LogP contribution is 2.51. The molecule has 0 amide bonds. The van der Waals surface area contributed by atoms with E-state index >= 15 is 0 Å². The van der Waals surface area contributed by atoms with Gasteiger partial charge in [0.2, 0.25) is 5.58 Å². The van der Waals surface area contributed by atoms with Gasteiger partial charge < -0.3 is 14.1 Å². The van der Waals surface area contributed by atoms with Gasteiger partial charge in [-0.1, -0.05) is 18.2 Å².